The maximum atomic E-state index is 8.51. The van der Waals surface area contributed by atoms with E-state index in [2.05, 4.69) is 15.8 Å². The first kappa shape index (κ1) is 18.4. The summed E-state index contributed by atoms with van der Waals surface area (Å²) in [5, 5.41) is 16.4. The standard InChI is InChI=1S/C19H20N4OS/c1-13-5-4-6-14(2)18(13)21-19(25)23-22-15(3)16-7-9-17(10-8-16)24-12-11-20/h4-10H,12H2,1-3H3,(H2,21,23,25)/b22-15-. The summed E-state index contributed by atoms with van der Waals surface area (Å²) in [6.45, 7) is 5.98. The van der Waals surface area contributed by atoms with Crippen LogP contribution >= 0.6 is 12.2 Å². The van der Waals surface area contributed by atoms with Crippen molar-refractivity contribution in [2.24, 2.45) is 5.10 Å². The average molecular weight is 352 g/mol. The second kappa shape index (κ2) is 8.81. The molecule has 2 N–H and O–H groups in total. The predicted octanol–water partition coefficient (Wildman–Crippen LogP) is 3.92. The highest BCUT2D eigenvalue weighted by Crippen LogP contribution is 2.19. The SMILES string of the molecule is C/C(=N/NC(=S)Nc1c(C)cccc1C)c1ccc(OCC#N)cc1. The van der Waals surface area contributed by atoms with Crippen LogP contribution in [-0.4, -0.2) is 17.4 Å². The Hall–Kier alpha value is -2.91. The lowest BCUT2D eigenvalue weighted by Crippen LogP contribution is -2.25. The number of aryl methyl sites for hydroxylation is 2. The fourth-order valence-electron chi connectivity index (χ4n) is 2.26. The second-order valence-electron chi connectivity index (χ2n) is 5.50. The quantitative estimate of drug-likeness (QED) is 0.485. The Bertz CT molecular complexity index is 802. The lowest BCUT2D eigenvalue weighted by atomic mass is 10.1. The highest BCUT2D eigenvalue weighted by molar-refractivity contribution is 7.80. The Kier molecular flexibility index (Phi) is 6.49. The van der Waals surface area contributed by atoms with E-state index in [9.17, 15) is 0 Å². The summed E-state index contributed by atoms with van der Waals surface area (Å²) in [4.78, 5) is 0. The van der Waals surface area contributed by atoms with Gasteiger partial charge in [-0.25, -0.2) is 0 Å². The van der Waals surface area contributed by atoms with Gasteiger partial charge in [-0.2, -0.15) is 10.4 Å². The van der Waals surface area contributed by atoms with Crippen molar-refractivity contribution in [3.8, 4) is 11.8 Å². The van der Waals surface area contributed by atoms with E-state index in [1.165, 1.54) is 0 Å². The van der Waals surface area contributed by atoms with Gasteiger partial charge in [0, 0.05) is 5.69 Å². The van der Waals surface area contributed by atoms with Crippen molar-refractivity contribution in [3.05, 3.63) is 59.2 Å². The van der Waals surface area contributed by atoms with E-state index in [0.29, 0.717) is 10.9 Å². The molecule has 2 aromatic carbocycles. The highest BCUT2D eigenvalue weighted by Gasteiger charge is 2.04. The number of hydrogen-bond donors (Lipinski definition) is 2. The number of ether oxygens (including phenoxy) is 1. The first-order valence-corrected chi connectivity index (χ1v) is 8.19. The predicted molar refractivity (Wildman–Crippen MR) is 105 cm³/mol. The van der Waals surface area contributed by atoms with E-state index in [1.54, 1.807) is 12.1 Å². The van der Waals surface area contributed by atoms with Crippen LogP contribution in [-0.2, 0) is 0 Å². The zero-order chi connectivity index (χ0) is 18.2. The van der Waals surface area contributed by atoms with Gasteiger partial charge in [0.25, 0.3) is 0 Å². The van der Waals surface area contributed by atoms with Gasteiger partial charge in [0.1, 0.15) is 11.8 Å². The van der Waals surface area contributed by atoms with E-state index < -0.39 is 0 Å². The van der Waals surface area contributed by atoms with E-state index in [0.717, 1.165) is 28.1 Å². The number of para-hydroxylation sites is 1. The molecule has 25 heavy (non-hydrogen) atoms. The van der Waals surface area contributed by atoms with Crippen LogP contribution in [0.1, 0.15) is 23.6 Å². The van der Waals surface area contributed by atoms with Crippen molar-refractivity contribution in [1.29, 1.82) is 5.26 Å². The van der Waals surface area contributed by atoms with Crippen molar-refractivity contribution >= 4 is 28.7 Å². The molecular weight excluding hydrogens is 332 g/mol. The van der Waals surface area contributed by atoms with E-state index in [1.807, 2.05) is 57.2 Å². The van der Waals surface area contributed by atoms with Crippen LogP contribution < -0.4 is 15.5 Å². The third kappa shape index (κ3) is 5.30. The monoisotopic (exact) mass is 352 g/mol. The lowest BCUT2D eigenvalue weighted by molar-refractivity contribution is 0.368. The second-order valence-corrected chi connectivity index (χ2v) is 5.91. The van der Waals surface area contributed by atoms with Crippen molar-refractivity contribution in [2.45, 2.75) is 20.8 Å². The van der Waals surface area contributed by atoms with Gasteiger partial charge in [-0.3, -0.25) is 5.43 Å². The first-order chi connectivity index (χ1) is 12.0. The van der Waals surface area contributed by atoms with Gasteiger partial charge in [-0.1, -0.05) is 18.2 Å². The van der Waals surface area contributed by atoms with Gasteiger partial charge >= 0.3 is 0 Å². The van der Waals surface area contributed by atoms with Gasteiger partial charge in [0.05, 0.1) is 5.71 Å². The minimum absolute atomic E-state index is 0.0340. The summed E-state index contributed by atoms with van der Waals surface area (Å²) in [6, 6.07) is 15.4. The van der Waals surface area contributed by atoms with Gasteiger partial charge in [-0.05, 0) is 73.9 Å². The summed E-state index contributed by atoms with van der Waals surface area (Å²) in [5.41, 5.74) is 7.83. The third-order valence-corrected chi connectivity index (χ3v) is 3.81. The van der Waals surface area contributed by atoms with Crippen molar-refractivity contribution in [2.75, 3.05) is 11.9 Å². The van der Waals surface area contributed by atoms with Crippen molar-refractivity contribution < 1.29 is 4.74 Å². The molecule has 6 heteroatoms. The minimum Gasteiger partial charge on any atom is -0.479 e. The Morgan fingerprint density at radius 1 is 1.16 bits per heavy atom. The molecule has 0 bridgehead atoms. The molecular formula is C19H20N4OS. The zero-order valence-electron chi connectivity index (χ0n) is 14.5. The molecule has 0 aliphatic heterocycles. The largest absolute Gasteiger partial charge is 0.479 e. The van der Waals surface area contributed by atoms with Crippen molar-refractivity contribution in [3.63, 3.8) is 0 Å². The van der Waals surface area contributed by atoms with Gasteiger partial charge in [-0.15, -0.1) is 0 Å². The number of nitriles is 1. The topological polar surface area (TPSA) is 69.4 Å². The Morgan fingerprint density at radius 2 is 1.80 bits per heavy atom. The molecule has 0 saturated heterocycles. The third-order valence-electron chi connectivity index (χ3n) is 3.62. The van der Waals surface area contributed by atoms with Gasteiger partial charge in [0.15, 0.2) is 11.7 Å². The molecule has 0 fully saturated rings. The Morgan fingerprint density at radius 3 is 2.40 bits per heavy atom. The van der Waals surface area contributed by atoms with E-state index in [4.69, 9.17) is 22.2 Å². The van der Waals surface area contributed by atoms with Crippen molar-refractivity contribution in [1.82, 2.24) is 5.43 Å². The molecule has 0 unspecified atom stereocenters. The molecule has 2 aromatic rings. The van der Waals surface area contributed by atoms with Crippen LogP contribution in [0.4, 0.5) is 5.69 Å². The number of nitrogens with one attached hydrogen (secondary N) is 2. The summed E-state index contributed by atoms with van der Waals surface area (Å²) in [6.07, 6.45) is 0. The minimum atomic E-state index is 0.0340. The summed E-state index contributed by atoms with van der Waals surface area (Å²) in [7, 11) is 0. The van der Waals surface area contributed by atoms with Crippen LogP contribution in [0, 0.1) is 25.2 Å². The molecule has 2 rings (SSSR count). The van der Waals surface area contributed by atoms with Gasteiger partial charge in [0.2, 0.25) is 0 Å². The normalized spacial score (nSPS) is 10.7. The molecule has 0 atom stereocenters. The molecule has 0 amide bonds. The molecule has 5 nitrogen and oxygen atoms in total. The number of anilines is 1. The fourth-order valence-corrected chi connectivity index (χ4v) is 2.41. The Labute approximate surface area is 153 Å². The molecule has 0 aliphatic rings. The van der Waals surface area contributed by atoms with Crippen LogP contribution in [0.2, 0.25) is 0 Å². The first-order valence-electron chi connectivity index (χ1n) is 7.79. The van der Waals surface area contributed by atoms with E-state index >= 15 is 0 Å². The molecule has 0 radical (unpaired) electrons. The smallest absolute Gasteiger partial charge is 0.191 e. The number of benzene rings is 2. The highest BCUT2D eigenvalue weighted by atomic mass is 32.1. The molecule has 0 saturated carbocycles. The number of hydrogen-bond acceptors (Lipinski definition) is 4. The van der Waals surface area contributed by atoms with Crippen LogP contribution in [0.5, 0.6) is 5.75 Å². The average Bonchev–Trinajstić information content (AvgIpc) is 2.61. The molecule has 0 heterocycles. The number of hydrazone groups is 1. The van der Waals surface area contributed by atoms with Gasteiger partial charge < -0.3 is 10.1 Å². The summed E-state index contributed by atoms with van der Waals surface area (Å²) >= 11 is 5.31. The zero-order valence-corrected chi connectivity index (χ0v) is 15.3. The lowest BCUT2D eigenvalue weighted by Gasteiger charge is -2.13. The van der Waals surface area contributed by atoms with Crippen LogP contribution in [0.15, 0.2) is 47.6 Å². The fraction of sp³-hybridized carbons (Fsp3) is 0.211. The Balaban J connectivity index is 1.98. The molecule has 0 spiro atoms. The molecule has 128 valence electrons. The summed E-state index contributed by atoms with van der Waals surface area (Å²) in [5.74, 6) is 0.651. The maximum absolute atomic E-state index is 8.51. The molecule has 0 aromatic heterocycles. The van der Waals surface area contributed by atoms with Crippen LogP contribution in [0.25, 0.3) is 0 Å². The van der Waals surface area contributed by atoms with Crippen LogP contribution in [0.3, 0.4) is 0 Å². The molecule has 0 aliphatic carbocycles. The number of thiocarbonyl (C=S) groups is 1. The van der Waals surface area contributed by atoms with E-state index in [-0.39, 0.29) is 6.61 Å². The number of nitrogens with zero attached hydrogens (tertiary/aromatic N) is 2. The number of rotatable bonds is 5. The maximum Gasteiger partial charge on any atom is 0.191 e. The summed E-state index contributed by atoms with van der Waals surface area (Å²) < 4.78 is 5.23.